The van der Waals surface area contributed by atoms with E-state index in [4.69, 9.17) is 0 Å². The molecule has 0 heterocycles. The summed E-state index contributed by atoms with van der Waals surface area (Å²) in [4.78, 5) is 0. The Morgan fingerprint density at radius 1 is 0.404 bits per heavy atom. The first-order valence-electron chi connectivity index (χ1n) is 19.0. The highest BCUT2D eigenvalue weighted by molar-refractivity contribution is 5.88. The van der Waals surface area contributed by atoms with Gasteiger partial charge in [0.05, 0.1) is 0 Å². The summed E-state index contributed by atoms with van der Waals surface area (Å²) in [5.41, 5.74) is 23.2. The largest absolute Gasteiger partial charge is 0.0654 e. The maximum Gasteiger partial charge on any atom is 0.0215 e. The topological polar surface area (TPSA) is 0 Å². The maximum absolute atomic E-state index is 2.65. The Kier molecular flexibility index (Phi) is 11.2. The maximum atomic E-state index is 2.65. The molecule has 0 saturated heterocycles. The van der Waals surface area contributed by atoms with E-state index < -0.39 is 0 Å². The van der Waals surface area contributed by atoms with E-state index >= 15 is 0 Å². The highest BCUT2D eigenvalue weighted by Gasteiger charge is 2.43. The summed E-state index contributed by atoms with van der Waals surface area (Å²) in [6, 6.07) is 19.9. The summed E-state index contributed by atoms with van der Waals surface area (Å²) in [6.07, 6.45) is 15.7. The second kappa shape index (κ2) is 15.0. The second-order valence-corrected chi connectivity index (χ2v) is 15.2. The summed E-state index contributed by atoms with van der Waals surface area (Å²) in [5.74, 6) is 0. The SMILES string of the molecule is CCCCCCCC1(CCCCCCC)c2cc(-c3c(C)c(C)cc(C)c3C)ccc2-c2ccc(-c3c(C)c(C)cc(C)c3C)cc21. The first-order valence-corrected chi connectivity index (χ1v) is 19.0. The van der Waals surface area contributed by atoms with Gasteiger partial charge in [0, 0.05) is 5.41 Å². The minimum Gasteiger partial charge on any atom is -0.0654 e. The number of fused-ring (bicyclic) bond motifs is 3. The summed E-state index contributed by atoms with van der Waals surface area (Å²) < 4.78 is 0. The van der Waals surface area contributed by atoms with Crippen molar-refractivity contribution >= 4 is 0 Å². The fourth-order valence-corrected chi connectivity index (χ4v) is 8.83. The molecule has 0 radical (unpaired) electrons. The van der Waals surface area contributed by atoms with E-state index in [9.17, 15) is 0 Å². The highest BCUT2D eigenvalue weighted by atomic mass is 14.5. The third-order valence-electron chi connectivity index (χ3n) is 12.1. The third kappa shape index (κ3) is 6.77. The minimum atomic E-state index is 0.0521. The monoisotopic (exact) mass is 626 g/mol. The van der Waals surface area contributed by atoms with Gasteiger partial charge in [0.15, 0.2) is 0 Å². The van der Waals surface area contributed by atoms with Crippen molar-refractivity contribution in [3.05, 3.63) is 104 Å². The molecule has 0 amide bonds. The van der Waals surface area contributed by atoms with Gasteiger partial charge in [-0.05, 0) is 169 Å². The van der Waals surface area contributed by atoms with Crippen molar-refractivity contribution < 1.29 is 0 Å². The second-order valence-electron chi connectivity index (χ2n) is 15.2. The molecule has 0 heteroatoms. The molecule has 0 aromatic heterocycles. The molecule has 0 bridgehead atoms. The van der Waals surface area contributed by atoms with Crippen molar-refractivity contribution in [2.45, 2.75) is 152 Å². The van der Waals surface area contributed by atoms with Crippen LogP contribution in [0, 0.1) is 55.4 Å². The molecule has 4 aromatic rings. The van der Waals surface area contributed by atoms with Crippen LogP contribution >= 0.6 is 0 Å². The lowest BCUT2D eigenvalue weighted by atomic mass is 9.69. The Balaban J connectivity index is 1.73. The lowest BCUT2D eigenvalue weighted by Crippen LogP contribution is -2.26. The Morgan fingerprint density at radius 3 is 1.09 bits per heavy atom. The van der Waals surface area contributed by atoms with Crippen LogP contribution in [0.1, 0.15) is 147 Å². The third-order valence-corrected chi connectivity index (χ3v) is 12.1. The Morgan fingerprint density at radius 2 is 0.745 bits per heavy atom. The molecule has 4 aromatic carbocycles. The summed E-state index contributed by atoms with van der Waals surface area (Å²) in [6.45, 7) is 23.1. The van der Waals surface area contributed by atoms with Gasteiger partial charge in [-0.25, -0.2) is 0 Å². The number of hydrogen-bond acceptors (Lipinski definition) is 0. The predicted molar refractivity (Wildman–Crippen MR) is 208 cm³/mol. The van der Waals surface area contributed by atoms with Crippen molar-refractivity contribution in [3.8, 4) is 33.4 Å². The fourth-order valence-electron chi connectivity index (χ4n) is 8.83. The van der Waals surface area contributed by atoms with Gasteiger partial charge in [0.2, 0.25) is 0 Å². The molecule has 0 spiro atoms. The number of aryl methyl sites for hydroxylation is 4. The van der Waals surface area contributed by atoms with Gasteiger partial charge in [-0.3, -0.25) is 0 Å². The van der Waals surface area contributed by atoms with Gasteiger partial charge in [-0.15, -0.1) is 0 Å². The summed E-state index contributed by atoms with van der Waals surface area (Å²) >= 11 is 0. The first-order chi connectivity index (χ1) is 22.5. The molecule has 0 N–H and O–H groups in total. The average Bonchev–Trinajstić information content (AvgIpc) is 3.31. The molecule has 1 aliphatic rings. The minimum absolute atomic E-state index is 0.0521. The van der Waals surface area contributed by atoms with Crippen LogP contribution in [0.2, 0.25) is 0 Å². The van der Waals surface area contributed by atoms with Crippen LogP contribution in [0.3, 0.4) is 0 Å². The Hall–Kier alpha value is -3.12. The Labute approximate surface area is 288 Å². The van der Waals surface area contributed by atoms with E-state index in [0.29, 0.717) is 0 Å². The zero-order chi connectivity index (χ0) is 33.9. The number of benzene rings is 4. The average molecular weight is 627 g/mol. The van der Waals surface area contributed by atoms with Crippen molar-refractivity contribution in [3.63, 3.8) is 0 Å². The molecule has 5 rings (SSSR count). The number of unbranched alkanes of at least 4 members (excludes halogenated alkanes) is 8. The zero-order valence-corrected chi connectivity index (χ0v) is 31.6. The van der Waals surface area contributed by atoms with Gasteiger partial charge in [-0.1, -0.05) is 114 Å². The molecule has 1 aliphatic carbocycles. The quantitative estimate of drug-likeness (QED) is 0.122. The smallest absolute Gasteiger partial charge is 0.0215 e. The summed E-state index contributed by atoms with van der Waals surface area (Å²) in [5, 5.41) is 0. The van der Waals surface area contributed by atoms with E-state index in [1.165, 1.54) is 155 Å². The van der Waals surface area contributed by atoms with Gasteiger partial charge < -0.3 is 0 Å². The first kappa shape index (κ1) is 35.2. The number of rotatable bonds is 14. The molecular weight excluding hydrogens is 565 g/mol. The Bertz CT molecular complexity index is 1550. The molecule has 0 unspecified atom stereocenters. The standard InChI is InChI=1S/C47H62/c1-11-13-15-17-19-25-47(26-20-18-16-14-12-2)43-29-39(45-35(7)31(3)27-32(4)36(45)8)21-23-41(43)42-24-22-40(30-44(42)47)46-37(9)33(5)28-34(6)38(46)10/h21-24,27-30H,11-20,25-26H2,1-10H3. The fraction of sp³-hybridized carbons (Fsp3) is 0.489. The van der Waals surface area contributed by atoms with E-state index in [0.717, 1.165) is 0 Å². The van der Waals surface area contributed by atoms with Gasteiger partial charge >= 0.3 is 0 Å². The van der Waals surface area contributed by atoms with Crippen LogP contribution in [0.5, 0.6) is 0 Å². The lowest BCUT2D eigenvalue weighted by molar-refractivity contribution is 0.399. The van der Waals surface area contributed by atoms with E-state index in [1.807, 2.05) is 0 Å². The van der Waals surface area contributed by atoms with Crippen LogP contribution in [0.25, 0.3) is 33.4 Å². The van der Waals surface area contributed by atoms with Gasteiger partial charge in [0.1, 0.15) is 0 Å². The van der Waals surface area contributed by atoms with Crippen LogP contribution in [-0.4, -0.2) is 0 Å². The van der Waals surface area contributed by atoms with Crippen LogP contribution < -0.4 is 0 Å². The van der Waals surface area contributed by atoms with E-state index in [2.05, 4.69) is 118 Å². The summed E-state index contributed by atoms with van der Waals surface area (Å²) in [7, 11) is 0. The van der Waals surface area contributed by atoms with E-state index in [1.54, 1.807) is 11.1 Å². The molecular formula is C47H62. The van der Waals surface area contributed by atoms with Crippen molar-refractivity contribution in [1.29, 1.82) is 0 Å². The molecule has 0 saturated carbocycles. The van der Waals surface area contributed by atoms with Crippen molar-refractivity contribution in [1.82, 2.24) is 0 Å². The van der Waals surface area contributed by atoms with Crippen LogP contribution in [0.4, 0.5) is 0 Å². The highest BCUT2D eigenvalue weighted by Crippen LogP contribution is 2.56. The molecule has 250 valence electrons. The molecule has 0 nitrogen and oxygen atoms in total. The molecule has 0 fully saturated rings. The van der Waals surface area contributed by atoms with Gasteiger partial charge in [-0.2, -0.15) is 0 Å². The normalized spacial score (nSPS) is 13.2. The van der Waals surface area contributed by atoms with Crippen molar-refractivity contribution in [2.75, 3.05) is 0 Å². The molecule has 0 aliphatic heterocycles. The molecule has 47 heavy (non-hydrogen) atoms. The van der Waals surface area contributed by atoms with Gasteiger partial charge in [0.25, 0.3) is 0 Å². The van der Waals surface area contributed by atoms with E-state index in [-0.39, 0.29) is 5.41 Å². The van der Waals surface area contributed by atoms with Crippen molar-refractivity contribution in [2.24, 2.45) is 0 Å². The predicted octanol–water partition coefficient (Wildman–Crippen LogP) is 14.5. The van der Waals surface area contributed by atoms with Crippen LogP contribution in [-0.2, 0) is 5.41 Å². The number of hydrogen-bond donors (Lipinski definition) is 0. The van der Waals surface area contributed by atoms with Crippen LogP contribution in [0.15, 0.2) is 48.5 Å². The molecule has 0 atom stereocenters. The zero-order valence-electron chi connectivity index (χ0n) is 31.6. The lowest BCUT2D eigenvalue weighted by Gasteiger charge is -2.34.